The van der Waals surface area contributed by atoms with Gasteiger partial charge >= 0.3 is 0 Å². The van der Waals surface area contributed by atoms with Crippen LogP contribution in [0.1, 0.15) is 38.8 Å². The van der Waals surface area contributed by atoms with Gasteiger partial charge in [-0.3, -0.25) is 0 Å². The highest BCUT2D eigenvalue weighted by Gasteiger charge is 2.24. The Balaban J connectivity index is 2.01. The van der Waals surface area contributed by atoms with Crippen molar-refractivity contribution in [2.75, 3.05) is 13.2 Å². The van der Waals surface area contributed by atoms with Crippen LogP contribution in [-0.2, 0) is 13.1 Å². The Bertz CT molecular complexity index is 776. The molecule has 2 aromatic carbocycles. The van der Waals surface area contributed by atoms with Crippen LogP contribution >= 0.6 is 0 Å². The maximum atomic E-state index is 9.93. The average molecular weight is 417 g/mol. The van der Waals surface area contributed by atoms with Crippen molar-refractivity contribution in [3.05, 3.63) is 59.7 Å². The quantitative estimate of drug-likeness (QED) is 0.387. The van der Waals surface area contributed by atoms with E-state index in [4.69, 9.17) is 4.74 Å². The van der Waals surface area contributed by atoms with E-state index in [1.54, 1.807) is 12.1 Å². The third-order valence-corrected chi connectivity index (χ3v) is 5.36. The SMILES string of the molecule is CC(Oc1ccccc1CN[C@H](CO)C(C)(C)C)[C@@H](CO)NCc1ccccc1O. The largest absolute Gasteiger partial charge is 0.508 e. The van der Waals surface area contributed by atoms with Gasteiger partial charge in [0.05, 0.1) is 19.3 Å². The monoisotopic (exact) mass is 416 g/mol. The molecule has 3 atom stereocenters. The number of hydrogen-bond acceptors (Lipinski definition) is 6. The van der Waals surface area contributed by atoms with E-state index in [0.29, 0.717) is 13.1 Å². The molecule has 0 aromatic heterocycles. The summed E-state index contributed by atoms with van der Waals surface area (Å²) < 4.78 is 6.18. The summed E-state index contributed by atoms with van der Waals surface area (Å²) in [6.45, 7) is 9.15. The summed E-state index contributed by atoms with van der Waals surface area (Å²) in [6.07, 6.45) is -0.293. The molecule has 2 aromatic rings. The van der Waals surface area contributed by atoms with Crippen LogP contribution in [0.25, 0.3) is 0 Å². The van der Waals surface area contributed by atoms with Gasteiger partial charge in [0.1, 0.15) is 17.6 Å². The topological polar surface area (TPSA) is 94.0 Å². The molecule has 0 amide bonds. The van der Waals surface area contributed by atoms with Crippen molar-refractivity contribution in [2.24, 2.45) is 5.41 Å². The number of phenolic OH excluding ortho intramolecular Hbond substituents is 1. The first-order valence-electron chi connectivity index (χ1n) is 10.5. The smallest absolute Gasteiger partial charge is 0.124 e. The van der Waals surface area contributed by atoms with Gasteiger partial charge in [0.2, 0.25) is 0 Å². The molecular weight excluding hydrogens is 380 g/mol. The van der Waals surface area contributed by atoms with Gasteiger partial charge in [-0.15, -0.1) is 0 Å². The highest BCUT2D eigenvalue weighted by Crippen LogP contribution is 2.23. The third kappa shape index (κ3) is 6.99. The van der Waals surface area contributed by atoms with Gasteiger partial charge in [-0.25, -0.2) is 0 Å². The minimum absolute atomic E-state index is 0.0339. The molecule has 0 heterocycles. The Morgan fingerprint density at radius 3 is 2.07 bits per heavy atom. The van der Waals surface area contributed by atoms with E-state index in [1.807, 2.05) is 43.3 Å². The molecular formula is C24H36N2O4. The third-order valence-electron chi connectivity index (χ3n) is 5.36. The Morgan fingerprint density at radius 1 is 0.867 bits per heavy atom. The van der Waals surface area contributed by atoms with Crippen LogP contribution in [0.2, 0.25) is 0 Å². The van der Waals surface area contributed by atoms with Crippen molar-refractivity contribution < 1.29 is 20.1 Å². The lowest BCUT2D eigenvalue weighted by atomic mass is 9.87. The number of hydrogen-bond donors (Lipinski definition) is 5. The molecule has 0 saturated carbocycles. The number of benzene rings is 2. The van der Waals surface area contributed by atoms with Crippen LogP contribution in [0.15, 0.2) is 48.5 Å². The van der Waals surface area contributed by atoms with Crippen LogP contribution in [0.5, 0.6) is 11.5 Å². The highest BCUT2D eigenvalue weighted by atomic mass is 16.5. The number of aliphatic hydroxyl groups excluding tert-OH is 2. The fourth-order valence-corrected chi connectivity index (χ4v) is 3.21. The zero-order valence-electron chi connectivity index (χ0n) is 18.4. The fraction of sp³-hybridized carbons (Fsp3) is 0.500. The number of aromatic hydroxyl groups is 1. The molecule has 0 spiro atoms. The Kier molecular flexibility index (Phi) is 9.11. The Hall–Kier alpha value is -2.12. The Labute approximate surface area is 179 Å². The van der Waals surface area contributed by atoms with E-state index < -0.39 is 0 Å². The predicted molar refractivity (Wildman–Crippen MR) is 120 cm³/mol. The minimum atomic E-state index is -0.301. The van der Waals surface area contributed by atoms with Crippen molar-refractivity contribution in [1.29, 1.82) is 0 Å². The van der Waals surface area contributed by atoms with Gasteiger partial charge in [0, 0.05) is 30.3 Å². The standard InChI is InChI=1S/C24H36N2O4/c1-17(20(15-27)25-13-18-9-5-7-11-21(18)29)30-22-12-8-6-10-19(22)14-26-23(16-28)24(2,3)4/h5-12,17,20,23,25-29H,13-16H2,1-4H3/t17?,20-,23-/m1/s1. The molecule has 6 nitrogen and oxygen atoms in total. The van der Waals surface area contributed by atoms with E-state index in [0.717, 1.165) is 16.9 Å². The number of aliphatic hydroxyl groups is 2. The summed E-state index contributed by atoms with van der Waals surface area (Å²) in [5.41, 5.74) is 1.70. The first-order chi connectivity index (χ1) is 14.3. The minimum Gasteiger partial charge on any atom is -0.508 e. The lowest BCUT2D eigenvalue weighted by Crippen LogP contribution is -2.44. The van der Waals surface area contributed by atoms with Crippen molar-refractivity contribution in [2.45, 2.75) is 59.0 Å². The van der Waals surface area contributed by atoms with Crippen molar-refractivity contribution >= 4 is 0 Å². The van der Waals surface area contributed by atoms with E-state index >= 15 is 0 Å². The maximum Gasteiger partial charge on any atom is 0.124 e. The highest BCUT2D eigenvalue weighted by molar-refractivity contribution is 5.34. The van der Waals surface area contributed by atoms with Crippen LogP contribution in [-0.4, -0.2) is 46.7 Å². The van der Waals surface area contributed by atoms with Gasteiger partial charge in [-0.2, -0.15) is 0 Å². The molecule has 166 valence electrons. The maximum absolute atomic E-state index is 9.93. The number of ether oxygens (including phenoxy) is 1. The molecule has 0 saturated heterocycles. The molecule has 0 radical (unpaired) electrons. The van der Waals surface area contributed by atoms with E-state index in [-0.39, 0.29) is 42.6 Å². The molecule has 0 aliphatic carbocycles. The number of para-hydroxylation sites is 2. The van der Waals surface area contributed by atoms with Crippen molar-refractivity contribution in [1.82, 2.24) is 10.6 Å². The second-order valence-electron chi connectivity index (χ2n) is 8.71. The van der Waals surface area contributed by atoms with Gasteiger partial charge in [-0.05, 0) is 24.5 Å². The second kappa shape index (κ2) is 11.3. The number of nitrogens with one attached hydrogen (secondary N) is 2. The summed E-state index contributed by atoms with van der Waals surface area (Å²) in [4.78, 5) is 0. The van der Waals surface area contributed by atoms with Gasteiger partial charge in [-0.1, -0.05) is 57.2 Å². The van der Waals surface area contributed by atoms with Gasteiger partial charge < -0.3 is 30.7 Å². The molecule has 0 bridgehead atoms. The van der Waals surface area contributed by atoms with Crippen LogP contribution in [0.3, 0.4) is 0 Å². The molecule has 6 heteroatoms. The summed E-state index contributed by atoms with van der Waals surface area (Å²) in [5, 5.41) is 36.1. The normalized spacial score (nSPS) is 14.9. The molecule has 2 rings (SSSR count). The molecule has 0 aliphatic rings. The van der Waals surface area contributed by atoms with Crippen LogP contribution < -0.4 is 15.4 Å². The summed E-state index contributed by atoms with van der Waals surface area (Å²) >= 11 is 0. The van der Waals surface area contributed by atoms with E-state index in [9.17, 15) is 15.3 Å². The lowest BCUT2D eigenvalue weighted by molar-refractivity contribution is 0.119. The predicted octanol–water partition coefficient (Wildman–Crippen LogP) is 2.81. The van der Waals surface area contributed by atoms with E-state index in [1.165, 1.54) is 0 Å². The molecule has 1 unspecified atom stereocenters. The Morgan fingerprint density at radius 2 is 1.47 bits per heavy atom. The van der Waals surface area contributed by atoms with Crippen molar-refractivity contribution in [3.63, 3.8) is 0 Å². The first kappa shape index (κ1) is 24.2. The van der Waals surface area contributed by atoms with Crippen molar-refractivity contribution in [3.8, 4) is 11.5 Å². The summed E-state index contributed by atoms with van der Waals surface area (Å²) in [6, 6.07) is 14.6. The summed E-state index contributed by atoms with van der Waals surface area (Å²) in [5.74, 6) is 0.967. The first-order valence-corrected chi connectivity index (χ1v) is 10.5. The fourth-order valence-electron chi connectivity index (χ4n) is 3.21. The zero-order valence-corrected chi connectivity index (χ0v) is 18.4. The zero-order chi connectivity index (χ0) is 22.1. The molecule has 5 N–H and O–H groups in total. The molecule has 0 fully saturated rings. The molecule has 0 aliphatic heterocycles. The lowest BCUT2D eigenvalue weighted by Gasteiger charge is -2.30. The van der Waals surface area contributed by atoms with Crippen LogP contribution in [0, 0.1) is 5.41 Å². The second-order valence-corrected chi connectivity index (χ2v) is 8.71. The van der Waals surface area contributed by atoms with Gasteiger partial charge in [0.15, 0.2) is 0 Å². The van der Waals surface area contributed by atoms with E-state index in [2.05, 4.69) is 31.4 Å². The van der Waals surface area contributed by atoms with Crippen LogP contribution in [0.4, 0.5) is 0 Å². The number of phenols is 1. The van der Waals surface area contributed by atoms with Gasteiger partial charge in [0.25, 0.3) is 0 Å². The molecule has 30 heavy (non-hydrogen) atoms. The summed E-state index contributed by atoms with van der Waals surface area (Å²) in [7, 11) is 0. The average Bonchev–Trinajstić information content (AvgIpc) is 2.70. The number of rotatable bonds is 11.